The summed E-state index contributed by atoms with van der Waals surface area (Å²) in [5.74, 6) is 2.68. The van der Waals surface area contributed by atoms with Crippen LogP contribution >= 0.6 is 0 Å². The molecule has 2 N–H and O–H groups in total. The summed E-state index contributed by atoms with van der Waals surface area (Å²) in [5, 5.41) is 6.87. The summed E-state index contributed by atoms with van der Waals surface area (Å²) in [7, 11) is 0. The summed E-state index contributed by atoms with van der Waals surface area (Å²) in [4.78, 5) is 15.4. The van der Waals surface area contributed by atoms with E-state index in [1.165, 1.54) is 0 Å². The van der Waals surface area contributed by atoms with Gasteiger partial charge in [-0.15, -0.1) is 0 Å². The Hall–Kier alpha value is -2.83. The van der Waals surface area contributed by atoms with Crippen molar-refractivity contribution in [2.75, 3.05) is 37.7 Å². The Morgan fingerprint density at radius 3 is 2.81 bits per heavy atom. The Morgan fingerprint density at radius 2 is 2.11 bits per heavy atom. The van der Waals surface area contributed by atoms with Crippen LogP contribution in [-0.2, 0) is 0 Å². The van der Waals surface area contributed by atoms with Gasteiger partial charge < -0.3 is 20.3 Å². The number of hydrogen-bond acceptors (Lipinski definition) is 5. The number of aromatic nitrogens is 2. The van der Waals surface area contributed by atoms with E-state index in [2.05, 4.69) is 43.5 Å². The van der Waals surface area contributed by atoms with Crippen LogP contribution in [0.4, 0.5) is 5.82 Å². The number of rotatable bonds is 7. The Kier molecular flexibility index (Phi) is 7.26. The highest BCUT2D eigenvalue weighted by Crippen LogP contribution is 2.17. The lowest BCUT2D eigenvalue weighted by molar-refractivity contribution is 0.327. The quantitative estimate of drug-likeness (QED) is 0.443. The van der Waals surface area contributed by atoms with Crippen LogP contribution in [0, 0.1) is 0 Å². The van der Waals surface area contributed by atoms with Crippen molar-refractivity contribution in [2.45, 2.75) is 25.8 Å². The van der Waals surface area contributed by atoms with Gasteiger partial charge in [-0.1, -0.05) is 6.07 Å². The third-order valence-corrected chi connectivity index (χ3v) is 4.42. The molecule has 2 aromatic rings. The molecule has 0 unspecified atom stereocenters. The lowest BCUT2D eigenvalue weighted by Gasteiger charge is -2.33. The molecule has 0 bridgehead atoms. The van der Waals surface area contributed by atoms with Crippen molar-refractivity contribution in [3.63, 3.8) is 0 Å². The molecule has 7 nitrogen and oxygen atoms in total. The maximum Gasteiger partial charge on any atom is 0.191 e. The van der Waals surface area contributed by atoms with E-state index in [9.17, 15) is 0 Å². The normalized spacial score (nSPS) is 15.4. The molecule has 27 heavy (non-hydrogen) atoms. The van der Waals surface area contributed by atoms with Crippen LogP contribution < -0.4 is 20.3 Å². The van der Waals surface area contributed by atoms with E-state index >= 15 is 0 Å². The molecule has 7 heteroatoms. The lowest BCUT2D eigenvalue weighted by atomic mass is 10.1. The van der Waals surface area contributed by atoms with Crippen molar-refractivity contribution in [1.82, 2.24) is 20.6 Å². The number of anilines is 1. The van der Waals surface area contributed by atoms with Crippen LogP contribution in [-0.4, -0.2) is 54.8 Å². The minimum atomic E-state index is 0.419. The van der Waals surface area contributed by atoms with E-state index < -0.39 is 0 Å². The fourth-order valence-electron chi connectivity index (χ4n) is 3.06. The highest BCUT2D eigenvalue weighted by atomic mass is 16.5. The monoisotopic (exact) mass is 368 g/mol. The number of pyridine rings is 2. The Balaban J connectivity index is 1.43. The second kappa shape index (κ2) is 10.4. The standard InChI is InChI=1S/C20H28N6O/c1-2-22-20(24-12-15-27-18-6-5-10-21-16-18)25-17-8-13-26(14-9-17)19-7-3-4-11-23-19/h3-7,10-11,16-17H,2,8-9,12-15H2,1H3,(H2,22,24,25). The molecule has 0 aliphatic carbocycles. The minimum Gasteiger partial charge on any atom is -0.490 e. The lowest BCUT2D eigenvalue weighted by Crippen LogP contribution is -2.49. The summed E-state index contributed by atoms with van der Waals surface area (Å²) in [6.07, 6.45) is 7.42. The molecule has 0 atom stereocenters. The van der Waals surface area contributed by atoms with E-state index in [1.54, 1.807) is 12.4 Å². The van der Waals surface area contributed by atoms with E-state index in [4.69, 9.17) is 4.74 Å². The Morgan fingerprint density at radius 1 is 1.22 bits per heavy atom. The van der Waals surface area contributed by atoms with Gasteiger partial charge >= 0.3 is 0 Å². The van der Waals surface area contributed by atoms with Crippen molar-refractivity contribution in [3.05, 3.63) is 48.9 Å². The van der Waals surface area contributed by atoms with Gasteiger partial charge in [0.15, 0.2) is 5.96 Å². The first-order valence-electron chi connectivity index (χ1n) is 9.59. The van der Waals surface area contributed by atoms with Crippen LogP contribution in [0.2, 0.25) is 0 Å². The number of nitrogens with one attached hydrogen (secondary N) is 2. The molecule has 0 amide bonds. The number of piperidine rings is 1. The smallest absolute Gasteiger partial charge is 0.191 e. The fraction of sp³-hybridized carbons (Fsp3) is 0.450. The largest absolute Gasteiger partial charge is 0.490 e. The van der Waals surface area contributed by atoms with E-state index in [-0.39, 0.29) is 0 Å². The molecule has 144 valence electrons. The second-order valence-electron chi connectivity index (χ2n) is 6.39. The average molecular weight is 368 g/mol. The summed E-state index contributed by atoms with van der Waals surface area (Å²) >= 11 is 0. The zero-order valence-electron chi connectivity index (χ0n) is 15.8. The van der Waals surface area contributed by atoms with Crippen molar-refractivity contribution in [1.29, 1.82) is 0 Å². The first-order valence-corrected chi connectivity index (χ1v) is 9.59. The van der Waals surface area contributed by atoms with Gasteiger partial charge in [-0.2, -0.15) is 0 Å². The fourth-order valence-corrected chi connectivity index (χ4v) is 3.06. The van der Waals surface area contributed by atoms with Crippen molar-refractivity contribution in [3.8, 4) is 5.75 Å². The van der Waals surface area contributed by atoms with Gasteiger partial charge in [0.1, 0.15) is 18.2 Å². The van der Waals surface area contributed by atoms with Gasteiger partial charge in [-0.3, -0.25) is 4.98 Å². The number of aliphatic imine (C=N–C) groups is 1. The molecule has 0 saturated carbocycles. The highest BCUT2D eigenvalue weighted by molar-refractivity contribution is 5.80. The maximum atomic E-state index is 5.65. The molecule has 0 radical (unpaired) electrons. The predicted octanol–water partition coefficient (Wildman–Crippen LogP) is 2.08. The van der Waals surface area contributed by atoms with Crippen molar-refractivity contribution in [2.24, 2.45) is 4.99 Å². The van der Waals surface area contributed by atoms with Gasteiger partial charge in [-0.25, -0.2) is 9.98 Å². The van der Waals surface area contributed by atoms with Crippen LogP contribution in [0.1, 0.15) is 19.8 Å². The zero-order chi connectivity index (χ0) is 18.7. The topological polar surface area (TPSA) is 74.7 Å². The molecule has 1 saturated heterocycles. The molecule has 0 spiro atoms. The average Bonchev–Trinajstić information content (AvgIpc) is 2.73. The summed E-state index contributed by atoms with van der Waals surface area (Å²) < 4.78 is 5.65. The first-order chi connectivity index (χ1) is 13.3. The highest BCUT2D eigenvalue weighted by Gasteiger charge is 2.20. The number of guanidine groups is 1. The summed E-state index contributed by atoms with van der Waals surface area (Å²) in [5.41, 5.74) is 0. The maximum absolute atomic E-state index is 5.65. The molecular formula is C20H28N6O. The molecule has 2 aromatic heterocycles. The Labute approximate surface area is 160 Å². The van der Waals surface area contributed by atoms with Gasteiger partial charge in [-0.05, 0) is 44.0 Å². The second-order valence-corrected chi connectivity index (χ2v) is 6.39. The van der Waals surface area contributed by atoms with Crippen molar-refractivity contribution < 1.29 is 4.74 Å². The van der Waals surface area contributed by atoms with E-state index in [1.807, 2.05) is 30.5 Å². The molecular weight excluding hydrogens is 340 g/mol. The number of nitrogens with zero attached hydrogens (tertiary/aromatic N) is 4. The van der Waals surface area contributed by atoms with Gasteiger partial charge in [0.05, 0.1) is 12.7 Å². The molecule has 0 aromatic carbocycles. The SMILES string of the molecule is CCNC(=NCCOc1cccnc1)NC1CCN(c2ccccn2)CC1. The zero-order valence-corrected chi connectivity index (χ0v) is 15.8. The van der Waals surface area contributed by atoms with Crippen LogP contribution in [0.3, 0.4) is 0 Å². The molecule has 1 fully saturated rings. The summed E-state index contributed by atoms with van der Waals surface area (Å²) in [6.45, 7) is 6.03. The van der Waals surface area contributed by atoms with E-state index in [0.29, 0.717) is 19.2 Å². The van der Waals surface area contributed by atoms with Crippen LogP contribution in [0.25, 0.3) is 0 Å². The molecule has 1 aliphatic rings. The Bertz CT molecular complexity index is 686. The van der Waals surface area contributed by atoms with Gasteiger partial charge in [0.25, 0.3) is 0 Å². The predicted molar refractivity (Wildman–Crippen MR) is 108 cm³/mol. The molecule has 3 rings (SSSR count). The number of ether oxygens (including phenoxy) is 1. The third kappa shape index (κ3) is 6.13. The molecule has 1 aliphatic heterocycles. The van der Waals surface area contributed by atoms with E-state index in [0.717, 1.165) is 50.0 Å². The number of hydrogen-bond donors (Lipinski definition) is 2. The van der Waals surface area contributed by atoms with Crippen LogP contribution in [0.5, 0.6) is 5.75 Å². The van der Waals surface area contributed by atoms with Crippen molar-refractivity contribution >= 4 is 11.8 Å². The van der Waals surface area contributed by atoms with Crippen LogP contribution in [0.15, 0.2) is 53.9 Å². The summed E-state index contributed by atoms with van der Waals surface area (Å²) in [6, 6.07) is 10.2. The first kappa shape index (κ1) is 18.9. The third-order valence-electron chi connectivity index (χ3n) is 4.42. The molecule has 3 heterocycles. The van der Waals surface area contributed by atoms with Gasteiger partial charge in [0, 0.05) is 38.1 Å². The minimum absolute atomic E-state index is 0.419. The van der Waals surface area contributed by atoms with Gasteiger partial charge in [0.2, 0.25) is 0 Å².